The largest absolute Gasteiger partial charge is 0.366 e. The number of guanidine groups is 1. The van der Waals surface area contributed by atoms with Crippen molar-refractivity contribution >= 4 is 21.5 Å². The van der Waals surface area contributed by atoms with Gasteiger partial charge in [-0.1, -0.05) is 30.3 Å². The fourth-order valence-corrected chi connectivity index (χ4v) is 4.34. The number of nitrogens with zero attached hydrogens (tertiary/aromatic N) is 2. The van der Waals surface area contributed by atoms with Gasteiger partial charge < -0.3 is 15.5 Å². The van der Waals surface area contributed by atoms with E-state index in [1.807, 2.05) is 12.1 Å². The van der Waals surface area contributed by atoms with E-state index in [0.29, 0.717) is 17.5 Å². The van der Waals surface area contributed by atoms with Gasteiger partial charge in [0.05, 0.1) is 11.4 Å². The number of sulfone groups is 1. The van der Waals surface area contributed by atoms with Gasteiger partial charge in [0.1, 0.15) is 0 Å². The van der Waals surface area contributed by atoms with Crippen LogP contribution in [0.4, 0.5) is 5.69 Å². The van der Waals surface area contributed by atoms with Crippen molar-refractivity contribution in [1.82, 2.24) is 10.6 Å². The first-order valence-corrected chi connectivity index (χ1v) is 12.4. The first kappa shape index (κ1) is 22.2. The molecule has 1 aliphatic heterocycles. The number of nitrogens with one attached hydrogen (secondary N) is 2. The molecule has 1 aliphatic rings. The minimum absolute atomic E-state index is 0.327. The second-order valence-electron chi connectivity index (χ2n) is 7.73. The molecular weight excluding hydrogens is 396 g/mol. The molecule has 3 rings (SSSR count). The number of benzene rings is 2. The summed E-state index contributed by atoms with van der Waals surface area (Å²) in [6, 6.07) is 16.0. The number of hydrogen-bond donors (Lipinski definition) is 2. The Bertz CT molecular complexity index is 971. The van der Waals surface area contributed by atoms with Gasteiger partial charge in [-0.15, -0.1) is 0 Å². The van der Waals surface area contributed by atoms with Gasteiger partial charge in [-0.2, -0.15) is 0 Å². The van der Waals surface area contributed by atoms with Crippen molar-refractivity contribution in [3.05, 3.63) is 59.7 Å². The lowest BCUT2D eigenvalue weighted by atomic mass is 10.1. The van der Waals surface area contributed by atoms with Crippen molar-refractivity contribution in [3.8, 4) is 0 Å². The van der Waals surface area contributed by atoms with Crippen LogP contribution in [0.1, 0.15) is 25.0 Å². The Morgan fingerprint density at radius 3 is 2.57 bits per heavy atom. The van der Waals surface area contributed by atoms with Gasteiger partial charge in [-0.3, -0.25) is 4.99 Å². The summed E-state index contributed by atoms with van der Waals surface area (Å²) in [6.07, 6.45) is 3.12. The Labute approximate surface area is 180 Å². The smallest absolute Gasteiger partial charge is 0.191 e. The average Bonchev–Trinajstić information content (AvgIpc) is 3.16. The highest BCUT2D eigenvalue weighted by atomic mass is 32.2. The second kappa shape index (κ2) is 9.98. The number of para-hydroxylation sites is 1. The van der Waals surface area contributed by atoms with Crippen molar-refractivity contribution < 1.29 is 8.42 Å². The zero-order valence-corrected chi connectivity index (χ0v) is 18.9. The summed E-state index contributed by atoms with van der Waals surface area (Å²) in [6.45, 7) is 7.57. The van der Waals surface area contributed by atoms with Crippen LogP contribution in [0.15, 0.2) is 58.4 Å². The molecule has 0 spiro atoms. The second-order valence-corrected chi connectivity index (χ2v) is 9.75. The van der Waals surface area contributed by atoms with Crippen molar-refractivity contribution in [2.24, 2.45) is 4.99 Å². The lowest BCUT2D eigenvalue weighted by Crippen LogP contribution is -2.40. The first-order chi connectivity index (χ1) is 14.4. The van der Waals surface area contributed by atoms with E-state index in [1.54, 1.807) is 12.1 Å². The predicted molar refractivity (Wildman–Crippen MR) is 124 cm³/mol. The maximum Gasteiger partial charge on any atom is 0.191 e. The lowest BCUT2D eigenvalue weighted by Gasteiger charge is -2.26. The van der Waals surface area contributed by atoms with Gasteiger partial charge >= 0.3 is 0 Å². The molecule has 0 saturated carbocycles. The molecule has 7 heteroatoms. The van der Waals surface area contributed by atoms with Crippen LogP contribution in [-0.4, -0.2) is 52.9 Å². The van der Waals surface area contributed by atoms with Gasteiger partial charge in [0, 0.05) is 37.6 Å². The van der Waals surface area contributed by atoms with Crippen molar-refractivity contribution in [2.75, 3.05) is 37.3 Å². The molecule has 1 heterocycles. The van der Waals surface area contributed by atoms with E-state index < -0.39 is 9.84 Å². The number of rotatable bonds is 8. The van der Waals surface area contributed by atoms with E-state index in [2.05, 4.69) is 53.6 Å². The van der Waals surface area contributed by atoms with Gasteiger partial charge in [0.2, 0.25) is 0 Å². The maximum absolute atomic E-state index is 11.6. The van der Waals surface area contributed by atoms with Crippen LogP contribution in [0.25, 0.3) is 0 Å². The van der Waals surface area contributed by atoms with Crippen LogP contribution in [0.2, 0.25) is 0 Å². The average molecular weight is 429 g/mol. The van der Waals surface area contributed by atoms with E-state index in [0.717, 1.165) is 44.0 Å². The Balaban J connectivity index is 1.53. The lowest BCUT2D eigenvalue weighted by molar-refractivity contribution is 0.602. The SMILES string of the molecule is CCNC(=NCC(C)N1CCc2ccccc21)NCCc1ccc(S(C)(=O)=O)cc1. The standard InChI is InChI=1S/C23H32N4O2S/c1-4-24-23(25-15-13-19-9-11-21(12-10-19)30(3,28)29)26-17-18(2)27-16-14-20-7-5-6-8-22(20)27/h5-12,18H,4,13-17H2,1-3H3,(H2,24,25,26). The molecule has 2 aromatic rings. The predicted octanol–water partition coefficient (Wildman–Crippen LogP) is 2.64. The normalized spacial score (nSPS) is 15.0. The molecule has 0 fully saturated rings. The topological polar surface area (TPSA) is 73.8 Å². The first-order valence-electron chi connectivity index (χ1n) is 10.5. The third-order valence-corrected chi connectivity index (χ3v) is 6.50. The number of hydrogen-bond acceptors (Lipinski definition) is 4. The molecule has 1 atom stereocenters. The van der Waals surface area contributed by atoms with Crippen LogP contribution >= 0.6 is 0 Å². The van der Waals surface area contributed by atoms with Crippen LogP contribution in [0.5, 0.6) is 0 Å². The van der Waals surface area contributed by atoms with Crippen LogP contribution in [-0.2, 0) is 22.7 Å². The highest BCUT2D eigenvalue weighted by Crippen LogP contribution is 2.29. The number of aliphatic imine (C=N–C) groups is 1. The monoisotopic (exact) mass is 428 g/mol. The third-order valence-electron chi connectivity index (χ3n) is 5.37. The highest BCUT2D eigenvalue weighted by Gasteiger charge is 2.22. The zero-order valence-electron chi connectivity index (χ0n) is 18.1. The number of fused-ring (bicyclic) bond motifs is 1. The van der Waals surface area contributed by atoms with E-state index in [9.17, 15) is 8.42 Å². The van der Waals surface area contributed by atoms with Crippen molar-refractivity contribution in [3.63, 3.8) is 0 Å². The molecule has 2 aromatic carbocycles. The minimum Gasteiger partial charge on any atom is -0.366 e. The van der Waals surface area contributed by atoms with E-state index in [-0.39, 0.29) is 0 Å². The fraction of sp³-hybridized carbons (Fsp3) is 0.435. The molecule has 6 nitrogen and oxygen atoms in total. The van der Waals surface area contributed by atoms with Crippen molar-refractivity contribution in [1.29, 1.82) is 0 Å². The van der Waals surface area contributed by atoms with Gasteiger partial charge in [-0.05, 0) is 56.0 Å². The van der Waals surface area contributed by atoms with Gasteiger partial charge in [0.15, 0.2) is 15.8 Å². The quantitative estimate of drug-likeness (QED) is 0.500. The summed E-state index contributed by atoms with van der Waals surface area (Å²) < 4.78 is 23.1. The molecule has 0 aliphatic carbocycles. The molecule has 0 bridgehead atoms. The molecular formula is C23H32N4O2S. The molecule has 0 amide bonds. The minimum atomic E-state index is -3.15. The van der Waals surface area contributed by atoms with E-state index >= 15 is 0 Å². The fourth-order valence-electron chi connectivity index (χ4n) is 3.71. The van der Waals surface area contributed by atoms with Gasteiger partial charge in [-0.25, -0.2) is 8.42 Å². The summed E-state index contributed by atoms with van der Waals surface area (Å²) in [4.78, 5) is 7.57. The molecule has 30 heavy (non-hydrogen) atoms. The summed E-state index contributed by atoms with van der Waals surface area (Å²) in [5.74, 6) is 0.810. The summed E-state index contributed by atoms with van der Waals surface area (Å²) in [5, 5.41) is 6.69. The zero-order chi connectivity index (χ0) is 21.6. The van der Waals surface area contributed by atoms with E-state index in [1.165, 1.54) is 17.5 Å². The Morgan fingerprint density at radius 1 is 1.13 bits per heavy atom. The Morgan fingerprint density at radius 2 is 1.87 bits per heavy atom. The van der Waals surface area contributed by atoms with Crippen LogP contribution in [0, 0.1) is 0 Å². The highest BCUT2D eigenvalue weighted by molar-refractivity contribution is 7.90. The molecule has 0 aromatic heterocycles. The third kappa shape index (κ3) is 5.75. The Hall–Kier alpha value is -2.54. The molecule has 0 saturated heterocycles. The molecule has 1 unspecified atom stereocenters. The maximum atomic E-state index is 11.6. The summed E-state index contributed by atoms with van der Waals surface area (Å²) in [7, 11) is -3.15. The van der Waals surface area contributed by atoms with E-state index in [4.69, 9.17) is 4.99 Å². The van der Waals surface area contributed by atoms with Gasteiger partial charge in [0.25, 0.3) is 0 Å². The summed E-state index contributed by atoms with van der Waals surface area (Å²) >= 11 is 0. The molecule has 162 valence electrons. The number of anilines is 1. The van der Waals surface area contributed by atoms with Crippen LogP contribution in [0.3, 0.4) is 0 Å². The Kier molecular flexibility index (Phi) is 7.37. The summed E-state index contributed by atoms with van der Waals surface area (Å²) in [5.41, 5.74) is 3.84. The van der Waals surface area contributed by atoms with Crippen molar-refractivity contribution in [2.45, 2.75) is 37.6 Å². The molecule has 0 radical (unpaired) electrons. The van der Waals surface area contributed by atoms with Crippen LogP contribution < -0.4 is 15.5 Å². The molecule has 2 N–H and O–H groups in total.